The zero-order chi connectivity index (χ0) is 14.5. The number of nitrogens with one attached hydrogen (secondary N) is 1. The topological polar surface area (TPSA) is 49.3 Å². The van der Waals surface area contributed by atoms with Crippen molar-refractivity contribution in [2.45, 2.75) is 32.4 Å². The summed E-state index contributed by atoms with van der Waals surface area (Å²) >= 11 is 1.75. The van der Waals surface area contributed by atoms with Crippen LogP contribution >= 0.6 is 11.3 Å². The quantitative estimate of drug-likeness (QED) is 0.850. The maximum Gasteiger partial charge on any atom is 0.310 e. The van der Waals surface area contributed by atoms with E-state index >= 15 is 0 Å². The third kappa shape index (κ3) is 3.68. The smallest absolute Gasteiger partial charge is 0.310 e. The van der Waals surface area contributed by atoms with Gasteiger partial charge >= 0.3 is 5.97 Å². The number of rotatable bonds is 6. The summed E-state index contributed by atoms with van der Waals surface area (Å²) < 4.78 is 0. The molecular formula is C16H19NO2S. The number of thiophene rings is 1. The molecule has 4 heteroatoms. The lowest BCUT2D eigenvalue weighted by atomic mass is 10.00. The van der Waals surface area contributed by atoms with Crippen LogP contribution in [0.25, 0.3) is 0 Å². The fraction of sp³-hybridized carbons (Fsp3) is 0.312. The van der Waals surface area contributed by atoms with Crippen molar-refractivity contribution in [2.24, 2.45) is 0 Å². The Kier molecular flexibility index (Phi) is 4.93. The molecule has 20 heavy (non-hydrogen) atoms. The monoisotopic (exact) mass is 289 g/mol. The molecule has 2 rings (SSSR count). The zero-order valence-corrected chi connectivity index (χ0v) is 12.5. The van der Waals surface area contributed by atoms with Gasteiger partial charge in [-0.3, -0.25) is 4.79 Å². The first-order valence-corrected chi connectivity index (χ1v) is 7.54. The minimum absolute atomic E-state index is 0.326. The van der Waals surface area contributed by atoms with Crippen LogP contribution in [0.3, 0.4) is 0 Å². The molecule has 1 aromatic heterocycles. The normalized spacial score (nSPS) is 13.9. The Labute approximate surface area is 123 Å². The van der Waals surface area contributed by atoms with E-state index in [1.165, 1.54) is 4.88 Å². The molecule has 0 bridgehead atoms. The van der Waals surface area contributed by atoms with Crippen LogP contribution < -0.4 is 5.32 Å². The fourth-order valence-electron chi connectivity index (χ4n) is 1.98. The largest absolute Gasteiger partial charge is 0.481 e. The predicted octanol–water partition coefficient (Wildman–Crippen LogP) is 3.79. The molecule has 2 N–H and O–H groups in total. The van der Waals surface area contributed by atoms with E-state index in [1.54, 1.807) is 18.3 Å². The molecule has 0 aliphatic rings. The number of carbonyl (C=O) groups is 1. The Bertz CT molecular complexity index is 548. The van der Waals surface area contributed by atoms with E-state index < -0.39 is 11.9 Å². The van der Waals surface area contributed by atoms with Gasteiger partial charge in [-0.25, -0.2) is 0 Å². The number of carboxylic acids is 1. The third-order valence-electron chi connectivity index (χ3n) is 3.43. The van der Waals surface area contributed by atoms with Crippen molar-refractivity contribution in [1.29, 1.82) is 0 Å². The van der Waals surface area contributed by atoms with Crippen molar-refractivity contribution in [3.63, 3.8) is 0 Å². The van der Waals surface area contributed by atoms with Crippen LogP contribution in [0.4, 0.5) is 0 Å². The van der Waals surface area contributed by atoms with Gasteiger partial charge < -0.3 is 10.4 Å². The number of benzene rings is 1. The maximum absolute atomic E-state index is 10.9. The number of hydrogen-bond acceptors (Lipinski definition) is 3. The highest BCUT2D eigenvalue weighted by Crippen LogP contribution is 2.19. The van der Waals surface area contributed by atoms with E-state index in [1.807, 2.05) is 24.3 Å². The average Bonchev–Trinajstić information content (AvgIpc) is 2.98. The first-order valence-electron chi connectivity index (χ1n) is 6.66. The second kappa shape index (κ2) is 6.68. The van der Waals surface area contributed by atoms with Crippen LogP contribution in [0.5, 0.6) is 0 Å². The van der Waals surface area contributed by atoms with Crippen LogP contribution in [0.1, 0.15) is 41.8 Å². The molecule has 0 aliphatic carbocycles. The first kappa shape index (κ1) is 14.8. The number of aliphatic carboxylic acids is 1. The van der Waals surface area contributed by atoms with Crippen LogP contribution in [-0.4, -0.2) is 11.1 Å². The minimum atomic E-state index is -0.790. The van der Waals surface area contributed by atoms with Gasteiger partial charge in [-0.1, -0.05) is 30.3 Å². The Morgan fingerprint density at radius 2 is 1.95 bits per heavy atom. The van der Waals surface area contributed by atoms with Gasteiger partial charge in [-0.2, -0.15) is 0 Å². The lowest BCUT2D eigenvalue weighted by Gasteiger charge is -2.13. The Hall–Kier alpha value is -1.65. The molecule has 0 saturated carbocycles. The highest BCUT2D eigenvalue weighted by atomic mass is 32.1. The van der Waals surface area contributed by atoms with Crippen molar-refractivity contribution in [2.75, 3.05) is 0 Å². The molecule has 106 valence electrons. The van der Waals surface area contributed by atoms with Crippen LogP contribution in [0.15, 0.2) is 41.8 Å². The van der Waals surface area contributed by atoms with E-state index in [0.717, 1.165) is 17.7 Å². The molecule has 2 aromatic rings. The Morgan fingerprint density at radius 1 is 1.25 bits per heavy atom. The van der Waals surface area contributed by atoms with Crippen molar-refractivity contribution in [1.82, 2.24) is 5.32 Å². The van der Waals surface area contributed by atoms with Gasteiger partial charge in [0.25, 0.3) is 0 Å². The highest BCUT2D eigenvalue weighted by Gasteiger charge is 2.13. The Morgan fingerprint density at radius 3 is 2.50 bits per heavy atom. The fourth-order valence-corrected chi connectivity index (χ4v) is 2.73. The van der Waals surface area contributed by atoms with E-state index in [2.05, 4.69) is 29.8 Å². The van der Waals surface area contributed by atoms with Gasteiger partial charge in [-0.15, -0.1) is 11.3 Å². The summed E-state index contributed by atoms with van der Waals surface area (Å²) in [6, 6.07) is 12.3. The van der Waals surface area contributed by atoms with Gasteiger partial charge in [0.05, 0.1) is 5.92 Å². The lowest BCUT2D eigenvalue weighted by Crippen LogP contribution is -2.17. The lowest BCUT2D eigenvalue weighted by molar-refractivity contribution is -0.138. The molecular weight excluding hydrogens is 270 g/mol. The molecule has 0 aliphatic heterocycles. The molecule has 2 atom stereocenters. The zero-order valence-electron chi connectivity index (χ0n) is 11.7. The average molecular weight is 289 g/mol. The molecule has 1 unspecified atom stereocenters. The van der Waals surface area contributed by atoms with Crippen LogP contribution in [0.2, 0.25) is 0 Å². The van der Waals surface area contributed by atoms with Gasteiger partial charge in [0, 0.05) is 17.5 Å². The van der Waals surface area contributed by atoms with Crippen molar-refractivity contribution in [3.8, 4) is 0 Å². The summed E-state index contributed by atoms with van der Waals surface area (Å²) in [5, 5.41) is 14.5. The Balaban J connectivity index is 1.92. The molecule has 0 amide bonds. The van der Waals surface area contributed by atoms with E-state index in [0.29, 0.717) is 6.04 Å². The van der Waals surface area contributed by atoms with Gasteiger partial charge in [0.15, 0.2) is 0 Å². The second-order valence-corrected chi connectivity index (χ2v) is 5.90. The van der Waals surface area contributed by atoms with E-state index in [-0.39, 0.29) is 0 Å². The van der Waals surface area contributed by atoms with Crippen molar-refractivity contribution in [3.05, 3.63) is 57.8 Å². The number of hydrogen-bond donors (Lipinski definition) is 2. The summed E-state index contributed by atoms with van der Waals surface area (Å²) in [4.78, 5) is 12.2. The maximum atomic E-state index is 10.9. The summed E-state index contributed by atoms with van der Waals surface area (Å²) in [6.07, 6.45) is 0. The molecule has 0 fully saturated rings. The van der Waals surface area contributed by atoms with Crippen LogP contribution in [-0.2, 0) is 11.3 Å². The molecule has 0 saturated heterocycles. The molecule has 1 aromatic carbocycles. The van der Waals surface area contributed by atoms with Gasteiger partial charge in [0.1, 0.15) is 0 Å². The van der Waals surface area contributed by atoms with E-state index in [4.69, 9.17) is 5.11 Å². The summed E-state index contributed by atoms with van der Waals surface area (Å²) in [7, 11) is 0. The van der Waals surface area contributed by atoms with Crippen molar-refractivity contribution >= 4 is 17.3 Å². The third-order valence-corrected chi connectivity index (χ3v) is 4.49. The van der Waals surface area contributed by atoms with Crippen LogP contribution in [0, 0.1) is 0 Å². The summed E-state index contributed by atoms with van der Waals surface area (Å²) in [6.45, 7) is 4.63. The van der Waals surface area contributed by atoms with Crippen molar-refractivity contribution < 1.29 is 9.90 Å². The number of carboxylic acid groups (broad SMARTS) is 1. The molecule has 0 spiro atoms. The SMILES string of the molecule is CC(C(=O)O)c1ccc(CN[C@@H](C)c2cccs2)cc1. The van der Waals surface area contributed by atoms with Gasteiger partial charge in [0.2, 0.25) is 0 Å². The van der Waals surface area contributed by atoms with Gasteiger partial charge in [-0.05, 0) is 36.4 Å². The second-order valence-electron chi connectivity index (χ2n) is 4.92. The molecule has 1 heterocycles. The first-order chi connectivity index (χ1) is 9.58. The molecule has 0 radical (unpaired) electrons. The minimum Gasteiger partial charge on any atom is -0.481 e. The predicted molar refractivity (Wildman–Crippen MR) is 82.1 cm³/mol. The standard InChI is InChI=1S/C16H19NO2S/c1-11(16(18)19)14-7-5-13(6-8-14)10-17-12(2)15-4-3-9-20-15/h3-9,11-12,17H,10H2,1-2H3,(H,18,19)/t11?,12-/m0/s1. The summed E-state index contributed by atoms with van der Waals surface area (Å²) in [5.41, 5.74) is 2.00. The molecule has 3 nitrogen and oxygen atoms in total. The highest BCUT2D eigenvalue weighted by molar-refractivity contribution is 7.10. The van der Waals surface area contributed by atoms with E-state index in [9.17, 15) is 4.79 Å². The summed E-state index contributed by atoms with van der Waals surface area (Å²) in [5.74, 6) is -1.25.